The van der Waals surface area contributed by atoms with Crippen LogP contribution >= 0.6 is 0 Å². The van der Waals surface area contributed by atoms with Crippen LogP contribution in [0.15, 0.2) is 0 Å². The van der Waals surface area contributed by atoms with Crippen molar-refractivity contribution in [1.82, 2.24) is 0 Å². The summed E-state index contributed by atoms with van der Waals surface area (Å²) < 4.78 is 63.0. The molecule has 1 N–H and O–H groups in total. The average Bonchev–Trinajstić information content (AvgIpc) is 2.89. The van der Waals surface area contributed by atoms with Gasteiger partial charge < -0.3 is 0 Å². The smallest absolute Gasteiger partial charge is 0.300 e. The van der Waals surface area contributed by atoms with Gasteiger partial charge in [-0.1, -0.05) is 13.8 Å². The molecule has 0 aromatic carbocycles. The van der Waals surface area contributed by atoms with Crippen LogP contribution in [0.3, 0.4) is 0 Å². The minimum atomic E-state index is -4.71. The van der Waals surface area contributed by atoms with Crippen LogP contribution < -0.4 is 0 Å². The number of ketones is 1. The van der Waals surface area contributed by atoms with E-state index in [0.29, 0.717) is 18.8 Å². The lowest BCUT2D eigenvalue weighted by Crippen LogP contribution is -2.54. The summed E-state index contributed by atoms with van der Waals surface area (Å²) in [6.45, 7) is 5.87. The van der Waals surface area contributed by atoms with E-state index in [9.17, 15) is 13.2 Å². The van der Waals surface area contributed by atoms with Gasteiger partial charge in [0, 0.05) is 8.66 Å². The van der Waals surface area contributed by atoms with Crippen molar-refractivity contribution in [2.24, 2.45) is 40.4 Å². The van der Waals surface area contributed by atoms with Gasteiger partial charge in [-0.25, -0.2) is 4.18 Å². The molecule has 27 heavy (non-hydrogen) atoms. The van der Waals surface area contributed by atoms with Gasteiger partial charge in [0.25, 0.3) is 0 Å². The first kappa shape index (κ1) is 16.3. The number of hydrogen-bond donors (Lipinski definition) is 1. The molecule has 0 aliphatic heterocycles. The first-order valence-corrected chi connectivity index (χ1v) is 11.7. The molecule has 0 amide bonds. The lowest BCUT2D eigenvalue weighted by molar-refractivity contribution is -0.137. The number of rotatable bonds is 3. The number of hydrogen-bond acceptors (Lipinski definition) is 4. The third kappa shape index (κ3) is 3.20. The molecule has 0 radical (unpaired) electrons. The second-order valence-electron chi connectivity index (χ2n) is 9.91. The molecule has 0 bridgehead atoms. The van der Waals surface area contributed by atoms with Crippen molar-refractivity contribution in [3.63, 3.8) is 0 Å². The van der Waals surface area contributed by atoms with Crippen LogP contribution in [0, 0.1) is 40.4 Å². The molecule has 0 unspecified atom stereocenters. The van der Waals surface area contributed by atoms with Gasteiger partial charge in [0.15, 0.2) is 0 Å². The number of carbonyl (C=O) groups excluding carboxylic acids is 1. The average molecular weight is 402 g/mol. The van der Waals surface area contributed by atoms with E-state index in [4.69, 9.17) is 12.8 Å². The van der Waals surface area contributed by atoms with Gasteiger partial charge in [0.05, 0.1) is 7.45 Å². The minimum absolute atomic E-state index is 0.0313. The van der Waals surface area contributed by atoms with Gasteiger partial charge in [-0.05, 0) is 99.2 Å². The first-order valence-electron chi connectivity index (χ1n) is 11.8. The fourth-order valence-corrected chi connectivity index (χ4v) is 7.82. The van der Waals surface area contributed by atoms with Crippen molar-refractivity contribution in [3.8, 4) is 0 Å². The molecule has 154 valence electrons. The van der Waals surface area contributed by atoms with Crippen molar-refractivity contribution >= 4 is 16.2 Å². The molecule has 4 rings (SSSR count). The Morgan fingerprint density at radius 1 is 1.11 bits per heavy atom. The second kappa shape index (κ2) is 6.53. The van der Waals surface area contributed by atoms with Crippen molar-refractivity contribution in [3.05, 3.63) is 0 Å². The summed E-state index contributed by atoms with van der Waals surface area (Å²) in [5.74, 6) is 0.423. The standard InChI is InChI=1S/C21H34O5S/c1-13(22)17-6-7-18-16-5-4-14-12-15(26-27(23,24)25)8-10-20(14,2)19(16)9-11-21(17,18)3/h14-19H,4-12H2,1-3H3,(H,23,24,25)/t14-,15-,16-,17+,18-,19-,20-,21+/m0/s1/i9D2,15D. The van der Waals surface area contributed by atoms with Crippen molar-refractivity contribution < 1.29 is 26.1 Å². The molecular weight excluding hydrogens is 364 g/mol. The monoisotopic (exact) mass is 401 g/mol. The van der Waals surface area contributed by atoms with E-state index in [2.05, 4.69) is 13.8 Å². The summed E-state index contributed by atoms with van der Waals surface area (Å²) in [6.07, 6.45) is 1.53. The predicted octanol–water partition coefficient (Wildman–Crippen LogP) is 4.42. The van der Waals surface area contributed by atoms with E-state index in [-0.39, 0.29) is 53.1 Å². The molecule has 0 heterocycles. The summed E-state index contributed by atoms with van der Waals surface area (Å²) in [4.78, 5) is 12.3. The minimum Gasteiger partial charge on any atom is -0.300 e. The second-order valence-corrected chi connectivity index (χ2v) is 10.9. The van der Waals surface area contributed by atoms with E-state index >= 15 is 0 Å². The van der Waals surface area contributed by atoms with Crippen LogP contribution in [0.5, 0.6) is 0 Å². The Labute approximate surface area is 167 Å². The quantitative estimate of drug-likeness (QED) is 0.708. The van der Waals surface area contributed by atoms with E-state index in [1.165, 1.54) is 0 Å². The summed E-state index contributed by atoms with van der Waals surface area (Å²) in [6, 6.07) is 0. The maximum Gasteiger partial charge on any atom is 0.397 e. The largest absolute Gasteiger partial charge is 0.397 e. The molecular formula is C21H34O5S. The van der Waals surface area contributed by atoms with E-state index < -0.39 is 22.9 Å². The Bertz CT molecular complexity index is 848. The molecule has 6 heteroatoms. The number of fused-ring (bicyclic) bond motifs is 5. The zero-order chi connectivity index (χ0) is 22.3. The fourth-order valence-electron chi connectivity index (χ4n) is 7.38. The molecule has 8 atom stereocenters. The lowest BCUT2D eigenvalue weighted by atomic mass is 9.44. The van der Waals surface area contributed by atoms with Crippen LogP contribution in [-0.2, 0) is 19.4 Å². The molecule has 5 nitrogen and oxygen atoms in total. The lowest BCUT2D eigenvalue weighted by Gasteiger charge is -2.61. The maximum absolute atomic E-state index is 12.3. The van der Waals surface area contributed by atoms with Gasteiger partial charge in [-0.2, -0.15) is 8.42 Å². The van der Waals surface area contributed by atoms with Crippen LogP contribution in [0.25, 0.3) is 0 Å². The summed E-state index contributed by atoms with van der Waals surface area (Å²) >= 11 is 0. The molecule has 4 aliphatic rings. The van der Waals surface area contributed by atoms with Gasteiger partial charge in [-0.15, -0.1) is 0 Å². The van der Waals surface area contributed by atoms with E-state index in [0.717, 1.165) is 25.7 Å². The SMILES string of the molecule is [2H]C1([2H])C[C@]2(C)[C@@H](C(C)=O)CC[C@H]2[C@@H]2CC[C@H]3C[C@@]([2H])(OS(=O)(=O)O)CC[C@]3(C)[C@H]21. The Kier molecular flexibility index (Phi) is 3.95. The normalized spacial score (nSPS) is 56.0. The van der Waals surface area contributed by atoms with Gasteiger partial charge >= 0.3 is 10.4 Å². The van der Waals surface area contributed by atoms with Crippen molar-refractivity contribution in [1.29, 1.82) is 0 Å². The molecule has 0 aromatic heterocycles. The van der Waals surface area contributed by atoms with Crippen LogP contribution in [-0.4, -0.2) is 24.8 Å². The van der Waals surface area contributed by atoms with Crippen molar-refractivity contribution in [2.45, 2.75) is 84.6 Å². The van der Waals surface area contributed by atoms with Gasteiger partial charge in [0.1, 0.15) is 5.78 Å². The van der Waals surface area contributed by atoms with Gasteiger partial charge in [0.2, 0.25) is 0 Å². The molecule has 4 saturated carbocycles. The highest BCUT2D eigenvalue weighted by Gasteiger charge is 2.60. The number of carbonyl (C=O) groups is 1. The molecule has 0 saturated heterocycles. The Morgan fingerprint density at radius 2 is 1.85 bits per heavy atom. The first-order chi connectivity index (χ1) is 13.6. The molecule has 0 aromatic rings. The fraction of sp³-hybridized carbons (Fsp3) is 0.952. The summed E-state index contributed by atoms with van der Waals surface area (Å²) in [5, 5.41) is 0. The Balaban J connectivity index is 1.66. The topological polar surface area (TPSA) is 80.7 Å². The third-order valence-corrected chi connectivity index (χ3v) is 9.13. The molecule has 4 aliphatic carbocycles. The van der Waals surface area contributed by atoms with Gasteiger partial charge in [-0.3, -0.25) is 9.35 Å². The highest BCUT2D eigenvalue weighted by molar-refractivity contribution is 7.80. The van der Waals surface area contributed by atoms with Crippen LogP contribution in [0.1, 0.15) is 82.6 Å². The molecule has 4 fully saturated rings. The zero-order valence-electron chi connectivity index (χ0n) is 19.5. The highest BCUT2D eigenvalue weighted by atomic mass is 32.3. The predicted molar refractivity (Wildman–Crippen MR) is 102 cm³/mol. The summed E-state index contributed by atoms with van der Waals surface area (Å²) in [7, 11) is -4.71. The van der Waals surface area contributed by atoms with Crippen LogP contribution in [0.4, 0.5) is 0 Å². The summed E-state index contributed by atoms with van der Waals surface area (Å²) in [5.41, 5.74) is -0.656. The van der Waals surface area contributed by atoms with Crippen LogP contribution in [0.2, 0.25) is 0 Å². The van der Waals surface area contributed by atoms with E-state index in [1.807, 2.05) is 0 Å². The highest BCUT2D eigenvalue weighted by Crippen LogP contribution is 2.67. The molecule has 0 spiro atoms. The number of Topliss-reactive ketones (excluding diaryl/α,β-unsaturated/α-hetero) is 1. The zero-order valence-corrected chi connectivity index (χ0v) is 17.3. The van der Waals surface area contributed by atoms with E-state index in [1.54, 1.807) is 6.92 Å². The third-order valence-electron chi connectivity index (χ3n) is 8.68. The Hall–Kier alpha value is -0.460. The van der Waals surface area contributed by atoms with Crippen molar-refractivity contribution in [2.75, 3.05) is 0 Å². The maximum atomic E-state index is 12.3. The Morgan fingerprint density at radius 3 is 2.52 bits per heavy atom.